The number of hydrogen-bond acceptors (Lipinski definition) is 4. The quantitative estimate of drug-likeness (QED) is 0.253. The van der Waals surface area contributed by atoms with Crippen LogP contribution in [0.1, 0.15) is 52.4 Å². The van der Waals surface area contributed by atoms with Crippen molar-refractivity contribution in [1.29, 1.82) is 0 Å². The van der Waals surface area contributed by atoms with Crippen molar-refractivity contribution >= 4 is 35.8 Å². The van der Waals surface area contributed by atoms with Crippen LogP contribution in [0.3, 0.4) is 0 Å². The Kier molecular flexibility index (Phi) is 14.9. The molecule has 0 aliphatic carbocycles. The van der Waals surface area contributed by atoms with Crippen molar-refractivity contribution < 1.29 is 14.3 Å². The summed E-state index contributed by atoms with van der Waals surface area (Å²) in [5.74, 6) is 1.28. The highest BCUT2D eigenvalue weighted by Gasteiger charge is 2.32. The summed E-state index contributed by atoms with van der Waals surface area (Å²) in [6.07, 6.45) is 6.51. The van der Waals surface area contributed by atoms with E-state index in [1.807, 2.05) is 0 Å². The number of carbonyl (C=O) groups is 1. The van der Waals surface area contributed by atoms with E-state index in [2.05, 4.69) is 29.5 Å². The summed E-state index contributed by atoms with van der Waals surface area (Å²) in [5.41, 5.74) is -0.237. The number of rotatable bonds is 11. The zero-order valence-corrected chi connectivity index (χ0v) is 20.7. The minimum absolute atomic E-state index is 0. The molecule has 2 N–H and O–H groups in total. The van der Waals surface area contributed by atoms with Crippen LogP contribution in [0.15, 0.2) is 4.99 Å². The fourth-order valence-corrected chi connectivity index (χ4v) is 3.09. The van der Waals surface area contributed by atoms with Crippen molar-refractivity contribution in [2.45, 2.75) is 58.0 Å². The molecule has 1 aliphatic rings. The summed E-state index contributed by atoms with van der Waals surface area (Å²) in [7, 11) is 5.25. The minimum atomic E-state index is -0.237. The van der Waals surface area contributed by atoms with Crippen molar-refractivity contribution in [1.82, 2.24) is 15.5 Å². The highest BCUT2D eigenvalue weighted by Crippen LogP contribution is 2.23. The topological polar surface area (TPSA) is 75.2 Å². The Labute approximate surface area is 188 Å². The number of likely N-dealkylation sites (N-methyl/N-ethyl adjacent to an activating group) is 1. The first-order valence-electron chi connectivity index (χ1n) is 10.3. The van der Waals surface area contributed by atoms with Gasteiger partial charge in [-0.2, -0.15) is 0 Å². The third-order valence-electron chi connectivity index (χ3n) is 5.39. The lowest BCUT2D eigenvalue weighted by Crippen LogP contribution is -2.51. The van der Waals surface area contributed by atoms with Crippen molar-refractivity contribution in [3.8, 4) is 0 Å². The zero-order chi connectivity index (χ0) is 20.1. The van der Waals surface area contributed by atoms with Gasteiger partial charge < -0.3 is 25.0 Å². The number of methoxy groups -OCH3 is 1. The molecule has 0 aromatic rings. The number of nitrogens with zero attached hydrogens (tertiary/aromatic N) is 2. The van der Waals surface area contributed by atoms with E-state index in [4.69, 9.17) is 9.47 Å². The standard InChI is InChI=1S/C20H40N4O3.HI/c1-6-8-9-17(7-2)14-21-19(22-15-18(25)24(3)4)23-16-20(26-5)10-12-27-13-11-20;/h17H,6-16H2,1-5H3,(H2,21,22,23);1H. The molecule has 1 amide bonds. The Balaban J connectivity index is 0.00000729. The van der Waals surface area contributed by atoms with Gasteiger partial charge in [0.15, 0.2) is 5.96 Å². The molecule has 8 heteroatoms. The van der Waals surface area contributed by atoms with Crippen LogP contribution in [0, 0.1) is 5.92 Å². The molecule has 1 aliphatic heterocycles. The number of aliphatic imine (C=N–C) groups is 1. The van der Waals surface area contributed by atoms with Crippen molar-refractivity contribution in [3.05, 3.63) is 0 Å². The molecular weight excluding hydrogens is 471 g/mol. The van der Waals surface area contributed by atoms with E-state index in [9.17, 15) is 4.79 Å². The van der Waals surface area contributed by atoms with Crippen LogP contribution < -0.4 is 10.6 Å². The van der Waals surface area contributed by atoms with Gasteiger partial charge in [-0.05, 0) is 12.3 Å². The Morgan fingerprint density at radius 1 is 1.25 bits per heavy atom. The molecule has 0 aromatic carbocycles. The number of guanidine groups is 1. The van der Waals surface area contributed by atoms with Crippen LogP contribution in [-0.2, 0) is 14.3 Å². The molecule has 1 unspecified atom stereocenters. The number of ether oxygens (including phenoxy) is 2. The average Bonchev–Trinajstić information content (AvgIpc) is 2.69. The molecule has 7 nitrogen and oxygen atoms in total. The number of carbonyl (C=O) groups excluding carboxylic acids is 1. The van der Waals surface area contributed by atoms with Gasteiger partial charge in [-0.3, -0.25) is 4.79 Å². The van der Waals surface area contributed by atoms with Crippen LogP contribution in [0.2, 0.25) is 0 Å². The number of halogens is 1. The monoisotopic (exact) mass is 512 g/mol. The van der Waals surface area contributed by atoms with Gasteiger partial charge in [-0.1, -0.05) is 33.1 Å². The molecular formula is C20H41IN4O3. The summed E-state index contributed by atoms with van der Waals surface area (Å²) < 4.78 is 11.3. The molecule has 1 saturated heterocycles. The van der Waals surface area contributed by atoms with E-state index in [0.717, 1.165) is 25.8 Å². The van der Waals surface area contributed by atoms with Gasteiger partial charge >= 0.3 is 0 Å². The molecule has 28 heavy (non-hydrogen) atoms. The maximum atomic E-state index is 11.9. The first-order chi connectivity index (χ1) is 13.0. The van der Waals surface area contributed by atoms with Gasteiger partial charge in [0.1, 0.15) is 6.54 Å². The molecule has 166 valence electrons. The van der Waals surface area contributed by atoms with Crippen LogP contribution >= 0.6 is 24.0 Å². The summed E-state index contributed by atoms with van der Waals surface area (Å²) in [4.78, 5) is 18.0. The maximum absolute atomic E-state index is 11.9. The molecule has 0 radical (unpaired) electrons. The van der Waals surface area contributed by atoms with E-state index in [1.165, 1.54) is 19.3 Å². The van der Waals surface area contributed by atoms with Crippen LogP contribution in [0.25, 0.3) is 0 Å². The molecule has 0 bridgehead atoms. The van der Waals surface area contributed by atoms with Gasteiger partial charge in [0.05, 0.1) is 5.60 Å². The van der Waals surface area contributed by atoms with Crippen LogP contribution in [0.5, 0.6) is 0 Å². The predicted molar refractivity (Wildman–Crippen MR) is 126 cm³/mol. The highest BCUT2D eigenvalue weighted by atomic mass is 127. The summed E-state index contributed by atoms with van der Waals surface area (Å²) in [5, 5.41) is 6.83. The van der Waals surface area contributed by atoms with Crippen molar-refractivity contribution in [3.63, 3.8) is 0 Å². The lowest BCUT2D eigenvalue weighted by atomic mass is 9.94. The summed E-state index contributed by atoms with van der Waals surface area (Å²) in [6.45, 7) is 7.52. The SMILES string of the molecule is CCCCC(CC)CNC(=NCC(=O)N(C)C)NCC1(OC)CCOCC1.I. The maximum Gasteiger partial charge on any atom is 0.243 e. The van der Waals surface area contributed by atoms with Crippen molar-refractivity contribution in [2.24, 2.45) is 10.9 Å². The van der Waals surface area contributed by atoms with Gasteiger partial charge in [0.2, 0.25) is 5.91 Å². The Hall–Kier alpha value is -0.610. The zero-order valence-electron chi connectivity index (χ0n) is 18.4. The van der Waals surface area contributed by atoms with Crippen molar-refractivity contribution in [2.75, 3.05) is 54.1 Å². The third-order valence-corrected chi connectivity index (χ3v) is 5.39. The lowest BCUT2D eigenvalue weighted by Gasteiger charge is -2.36. The van der Waals surface area contributed by atoms with E-state index in [1.54, 1.807) is 26.1 Å². The lowest BCUT2D eigenvalue weighted by molar-refractivity contribution is -0.127. The predicted octanol–water partition coefficient (Wildman–Crippen LogP) is 2.64. The fourth-order valence-electron chi connectivity index (χ4n) is 3.09. The number of unbranched alkanes of at least 4 members (excludes halogenated alkanes) is 1. The number of hydrogen-bond donors (Lipinski definition) is 2. The van der Waals surface area contributed by atoms with Crippen LogP contribution in [0.4, 0.5) is 0 Å². The molecule has 0 spiro atoms. The highest BCUT2D eigenvalue weighted by molar-refractivity contribution is 14.0. The summed E-state index contributed by atoms with van der Waals surface area (Å²) >= 11 is 0. The normalized spacial score (nSPS) is 17.4. The fraction of sp³-hybridized carbons (Fsp3) is 0.900. The van der Waals surface area contributed by atoms with Gasteiger partial charge in [-0.25, -0.2) is 4.99 Å². The number of nitrogens with one attached hydrogen (secondary N) is 2. The second-order valence-electron chi connectivity index (χ2n) is 7.60. The molecule has 1 fully saturated rings. The van der Waals surface area contributed by atoms with Gasteiger partial charge in [-0.15, -0.1) is 24.0 Å². The molecule has 0 aromatic heterocycles. The largest absolute Gasteiger partial charge is 0.381 e. The average molecular weight is 512 g/mol. The van der Waals surface area contributed by atoms with Gasteiger partial charge in [0.25, 0.3) is 0 Å². The van der Waals surface area contributed by atoms with Gasteiger partial charge in [0, 0.05) is 60.4 Å². The number of amides is 1. The molecule has 1 atom stereocenters. The molecule has 0 saturated carbocycles. The van der Waals surface area contributed by atoms with E-state index in [0.29, 0.717) is 31.6 Å². The smallest absolute Gasteiger partial charge is 0.243 e. The first kappa shape index (κ1) is 27.4. The summed E-state index contributed by atoms with van der Waals surface area (Å²) in [6, 6.07) is 0. The molecule has 1 heterocycles. The van der Waals surface area contributed by atoms with E-state index < -0.39 is 0 Å². The Bertz CT molecular complexity index is 455. The van der Waals surface area contributed by atoms with E-state index >= 15 is 0 Å². The Morgan fingerprint density at radius 2 is 1.93 bits per heavy atom. The minimum Gasteiger partial charge on any atom is -0.381 e. The second-order valence-corrected chi connectivity index (χ2v) is 7.60. The third kappa shape index (κ3) is 10.2. The van der Waals surface area contributed by atoms with Crippen LogP contribution in [-0.4, -0.2) is 76.4 Å². The Morgan fingerprint density at radius 3 is 2.46 bits per heavy atom. The molecule has 1 rings (SSSR count). The van der Waals surface area contributed by atoms with E-state index in [-0.39, 0.29) is 42.0 Å². The first-order valence-corrected chi connectivity index (χ1v) is 10.3. The second kappa shape index (κ2) is 15.3.